The van der Waals surface area contributed by atoms with Gasteiger partial charge in [0.1, 0.15) is 11.8 Å². The number of likely N-dealkylation sites (tertiary alicyclic amines) is 2. The van der Waals surface area contributed by atoms with Crippen LogP contribution >= 0.6 is 0 Å². The lowest BCUT2D eigenvalue weighted by Gasteiger charge is -2.45. The third-order valence-corrected chi connectivity index (χ3v) is 7.48. The fourth-order valence-corrected chi connectivity index (χ4v) is 5.50. The summed E-state index contributed by atoms with van der Waals surface area (Å²) in [5.41, 5.74) is 4.66. The number of carbonyl (C=O) groups is 1. The molecule has 0 saturated carbocycles. The normalized spacial score (nSPS) is 19.5. The molecule has 1 aromatic heterocycles. The molecule has 1 aliphatic carbocycles. The van der Waals surface area contributed by atoms with E-state index in [1.165, 1.54) is 11.1 Å². The molecule has 184 valence electrons. The van der Waals surface area contributed by atoms with Gasteiger partial charge < -0.3 is 14.2 Å². The van der Waals surface area contributed by atoms with Gasteiger partial charge in [-0.15, -0.1) is 0 Å². The number of benzene rings is 2. The van der Waals surface area contributed by atoms with Crippen molar-refractivity contribution in [3.8, 4) is 34.7 Å². The van der Waals surface area contributed by atoms with Crippen LogP contribution in [0.2, 0.25) is 0 Å². The third-order valence-electron chi connectivity index (χ3n) is 7.48. The van der Waals surface area contributed by atoms with Crippen LogP contribution in [-0.4, -0.2) is 58.1 Å². The largest absolute Gasteiger partial charge is 0.490 e. The van der Waals surface area contributed by atoms with Crippen molar-refractivity contribution in [2.75, 3.05) is 26.2 Å². The molecule has 1 unspecified atom stereocenters. The van der Waals surface area contributed by atoms with Crippen molar-refractivity contribution in [2.24, 2.45) is 5.92 Å². The van der Waals surface area contributed by atoms with Crippen LogP contribution in [0.15, 0.2) is 40.9 Å². The maximum absolute atomic E-state index is 12.5. The van der Waals surface area contributed by atoms with Gasteiger partial charge in [0, 0.05) is 43.3 Å². The molecule has 1 amide bonds. The van der Waals surface area contributed by atoms with E-state index < -0.39 is 0 Å². The molecule has 0 bridgehead atoms. The van der Waals surface area contributed by atoms with Gasteiger partial charge in [-0.25, -0.2) is 0 Å². The predicted octanol–water partition coefficient (Wildman–Crippen LogP) is 4.21. The molecule has 2 aliphatic heterocycles. The SMILES string of the molecule is CC(C)Oc1ccc(-c2nc(-c3cccc4c3CCC4N3CC(C(=O)N4CCC4)C3)no2)cc1C#N. The lowest BCUT2D eigenvalue weighted by molar-refractivity contribution is -0.145. The Labute approximate surface area is 210 Å². The highest BCUT2D eigenvalue weighted by atomic mass is 16.5. The first-order valence-electron chi connectivity index (χ1n) is 12.7. The first kappa shape index (κ1) is 22.7. The highest BCUT2D eigenvalue weighted by Gasteiger charge is 2.42. The van der Waals surface area contributed by atoms with Crippen molar-refractivity contribution in [3.63, 3.8) is 0 Å². The van der Waals surface area contributed by atoms with Gasteiger partial charge in [-0.3, -0.25) is 9.69 Å². The summed E-state index contributed by atoms with van der Waals surface area (Å²) >= 11 is 0. The molecule has 8 heteroatoms. The topological polar surface area (TPSA) is 95.5 Å². The van der Waals surface area contributed by atoms with Crippen LogP contribution in [0.5, 0.6) is 5.75 Å². The molecule has 2 saturated heterocycles. The zero-order valence-corrected chi connectivity index (χ0v) is 20.6. The van der Waals surface area contributed by atoms with Crippen LogP contribution < -0.4 is 4.74 Å². The Balaban J connectivity index is 1.21. The van der Waals surface area contributed by atoms with Crippen molar-refractivity contribution in [1.82, 2.24) is 19.9 Å². The van der Waals surface area contributed by atoms with Gasteiger partial charge in [0.2, 0.25) is 11.7 Å². The second-order valence-electron chi connectivity index (χ2n) is 10.2. The van der Waals surface area contributed by atoms with Gasteiger partial charge in [0.05, 0.1) is 17.6 Å². The van der Waals surface area contributed by atoms with Crippen LogP contribution in [-0.2, 0) is 11.2 Å². The summed E-state index contributed by atoms with van der Waals surface area (Å²) in [7, 11) is 0. The fourth-order valence-electron chi connectivity index (χ4n) is 5.50. The third kappa shape index (κ3) is 3.94. The molecule has 6 rings (SSSR count). The fraction of sp³-hybridized carbons (Fsp3) is 0.429. The van der Waals surface area contributed by atoms with E-state index in [2.05, 4.69) is 33.2 Å². The molecule has 0 spiro atoms. The summed E-state index contributed by atoms with van der Waals surface area (Å²) in [4.78, 5) is 21.6. The molecule has 3 heterocycles. The van der Waals surface area contributed by atoms with E-state index >= 15 is 0 Å². The molecule has 3 aromatic rings. The summed E-state index contributed by atoms with van der Waals surface area (Å²) in [5, 5.41) is 13.8. The standard InChI is InChI=1S/C28H29N5O3/c1-17(2)35-25-10-7-18(13-19(25)14-29)27-30-26(31-36-27)23-6-3-5-22-21(23)8-9-24(22)33-15-20(16-33)28(34)32-11-4-12-32/h3,5-7,10,13,17,20,24H,4,8-9,11-12,15-16H2,1-2H3. The molecular weight excluding hydrogens is 454 g/mol. The van der Waals surface area contributed by atoms with Crippen molar-refractivity contribution in [2.45, 2.75) is 45.3 Å². The molecule has 1 atom stereocenters. The average molecular weight is 484 g/mol. The van der Waals surface area contributed by atoms with Crippen molar-refractivity contribution < 1.29 is 14.1 Å². The lowest BCUT2D eigenvalue weighted by atomic mass is 9.92. The van der Waals surface area contributed by atoms with Crippen LogP contribution in [0.1, 0.15) is 49.4 Å². The van der Waals surface area contributed by atoms with Crippen molar-refractivity contribution in [1.29, 1.82) is 5.26 Å². The Bertz CT molecular complexity index is 1350. The Hall–Kier alpha value is -3.70. The van der Waals surface area contributed by atoms with Gasteiger partial charge in [-0.1, -0.05) is 23.4 Å². The number of hydrogen-bond donors (Lipinski definition) is 0. The van der Waals surface area contributed by atoms with Crippen LogP contribution in [0, 0.1) is 17.2 Å². The minimum Gasteiger partial charge on any atom is -0.490 e. The van der Waals surface area contributed by atoms with Gasteiger partial charge in [0.25, 0.3) is 5.89 Å². The Kier molecular flexibility index (Phi) is 5.73. The number of nitrogens with zero attached hydrogens (tertiary/aromatic N) is 5. The zero-order valence-electron chi connectivity index (χ0n) is 20.6. The number of nitriles is 1. The molecule has 0 radical (unpaired) electrons. The number of ether oxygens (including phenoxy) is 1. The first-order valence-corrected chi connectivity index (χ1v) is 12.7. The van der Waals surface area contributed by atoms with Gasteiger partial charge >= 0.3 is 0 Å². The molecular formula is C28H29N5O3. The predicted molar refractivity (Wildman–Crippen MR) is 133 cm³/mol. The smallest absolute Gasteiger partial charge is 0.258 e. The van der Waals surface area contributed by atoms with E-state index in [4.69, 9.17) is 9.26 Å². The number of amides is 1. The maximum Gasteiger partial charge on any atom is 0.258 e. The monoisotopic (exact) mass is 483 g/mol. The number of aromatic nitrogens is 2. The number of hydrogen-bond acceptors (Lipinski definition) is 7. The Morgan fingerprint density at radius 3 is 2.78 bits per heavy atom. The van der Waals surface area contributed by atoms with Gasteiger partial charge in [-0.05, 0) is 62.4 Å². The van der Waals surface area contributed by atoms with E-state index in [9.17, 15) is 10.1 Å². The quantitative estimate of drug-likeness (QED) is 0.518. The first-order chi connectivity index (χ1) is 17.5. The zero-order chi connectivity index (χ0) is 24.8. The second-order valence-corrected chi connectivity index (χ2v) is 10.2. The van der Waals surface area contributed by atoms with Gasteiger partial charge in [0.15, 0.2) is 0 Å². The van der Waals surface area contributed by atoms with Crippen LogP contribution in [0.4, 0.5) is 0 Å². The molecule has 3 aliphatic rings. The minimum absolute atomic E-state index is 0.0230. The molecule has 0 N–H and O–H groups in total. The number of fused-ring (bicyclic) bond motifs is 1. The maximum atomic E-state index is 12.5. The van der Waals surface area contributed by atoms with E-state index in [1.807, 2.05) is 30.9 Å². The number of rotatable bonds is 6. The summed E-state index contributed by atoms with van der Waals surface area (Å²) in [6.45, 7) is 7.38. The Morgan fingerprint density at radius 1 is 1.22 bits per heavy atom. The van der Waals surface area contributed by atoms with Crippen molar-refractivity contribution in [3.05, 3.63) is 53.1 Å². The summed E-state index contributed by atoms with van der Waals surface area (Å²) in [5.74, 6) is 1.94. The molecule has 2 fully saturated rings. The highest BCUT2D eigenvalue weighted by molar-refractivity contribution is 5.81. The van der Waals surface area contributed by atoms with E-state index in [-0.39, 0.29) is 12.0 Å². The van der Waals surface area contributed by atoms with Crippen molar-refractivity contribution >= 4 is 5.91 Å². The molecule has 2 aromatic carbocycles. The lowest BCUT2D eigenvalue weighted by Crippen LogP contribution is -2.57. The van der Waals surface area contributed by atoms with E-state index in [0.29, 0.717) is 40.5 Å². The minimum atomic E-state index is -0.0230. The summed E-state index contributed by atoms with van der Waals surface area (Å²) in [6, 6.07) is 14.1. The summed E-state index contributed by atoms with van der Waals surface area (Å²) in [6.07, 6.45) is 3.09. The second kappa shape index (κ2) is 9.07. The van der Waals surface area contributed by atoms with Gasteiger partial charge in [-0.2, -0.15) is 10.2 Å². The average Bonchev–Trinajstić information content (AvgIpc) is 3.45. The van der Waals surface area contributed by atoms with Crippen LogP contribution in [0.3, 0.4) is 0 Å². The summed E-state index contributed by atoms with van der Waals surface area (Å²) < 4.78 is 11.3. The van der Waals surface area contributed by atoms with E-state index in [1.54, 1.807) is 12.1 Å². The molecule has 36 heavy (non-hydrogen) atoms. The Morgan fingerprint density at radius 2 is 2.06 bits per heavy atom. The van der Waals surface area contributed by atoms with Crippen LogP contribution in [0.25, 0.3) is 22.8 Å². The molecule has 8 nitrogen and oxygen atoms in total. The van der Waals surface area contributed by atoms with E-state index in [0.717, 1.165) is 51.0 Å². The highest BCUT2D eigenvalue weighted by Crippen LogP contribution is 2.43. The number of carbonyl (C=O) groups excluding carboxylic acids is 1.